The van der Waals surface area contributed by atoms with E-state index in [9.17, 15) is 9.59 Å². The maximum atomic E-state index is 12.0. The highest BCUT2D eigenvalue weighted by molar-refractivity contribution is 5.94. The third kappa shape index (κ3) is 5.25. The van der Waals surface area contributed by atoms with Gasteiger partial charge >= 0.3 is 0 Å². The Kier molecular flexibility index (Phi) is 6.40. The molecular weight excluding hydrogens is 294 g/mol. The van der Waals surface area contributed by atoms with E-state index < -0.39 is 0 Å². The van der Waals surface area contributed by atoms with Crippen molar-refractivity contribution in [3.63, 3.8) is 0 Å². The summed E-state index contributed by atoms with van der Waals surface area (Å²) in [5.41, 5.74) is 6.50. The van der Waals surface area contributed by atoms with Gasteiger partial charge in [0.25, 0.3) is 5.91 Å². The molecule has 0 radical (unpaired) electrons. The molecule has 1 aliphatic carbocycles. The maximum absolute atomic E-state index is 12.0. The number of nitrogens with two attached hydrogens (primary N) is 1. The number of benzene rings is 1. The molecule has 126 valence electrons. The lowest BCUT2D eigenvalue weighted by Gasteiger charge is -2.14. The largest absolute Gasteiger partial charge is 0.497 e. The molecule has 0 aromatic heterocycles. The highest BCUT2D eigenvalue weighted by Crippen LogP contribution is 2.26. The predicted molar refractivity (Wildman–Crippen MR) is 88.3 cm³/mol. The Morgan fingerprint density at radius 3 is 2.74 bits per heavy atom. The molecule has 6 nitrogen and oxygen atoms in total. The topological polar surface area (TPSA) is 93.5 Å². The Labute approximate surface area is 136 Å². The normalized spacial score (nSPS) is 20.1. The van der Waals surface area contributed by atoms with Crippen LogP contribution in [0.25, 0.3) is 0 Å². The summed E-state index contributed by atoms with van der Waals surface area (Å²) >= 11 is 0. The lowest BCUT2D eigenvalue weighted by molar-refractivity contribution is -0.122. The molecule has 4 N–H and O–H groups in total. The molecule has 1 fully saturated rings. The molecule has 0 aliphatic heterocycles. The van der Waals surface area contributed by atoms with Crippen LogP contribution in [0.15, 0.2) is 24.3 Å². The zero-order valence-electron chi connectivity index (χ0n) is 13.5. The molecule has 1 aromatic rings. The summed E-state index contributed by atoms with van der Waals surface area (Å²) in [5, 5.41) is 5.60. The predicted octanol–water partition coefficient (Wildman–Crippen LogP) is 1.06. The molecule has 1 aliphatic rings. The molecule has 1 saturated carbocycles. The molecule has 6 heteroatoms. The minimum absolute atomic E-state index is 0.00276. The van der Waals surface area contributed by atoms with E-state index in [4.69, 9.17) is 10.5 Å². The number of hydrogen-bond acceptors (Lipinski definition) is 4. The average molecular weight is 319 g/mol. The Bertz CT molecular complexity index is 548. The minimum atomic E-state index is -0.184. The fourth-order valence-corrected chi connectivity index (χ4v) is 2.87. The number of carbonyl (C=O) groups is 2. The van der Waals surface area contributed by atoms with Gasteiger partial charge in [0.1, 0.15) is 5.75 Å². The molecule has 0 heterocycles. The van der Waals surface area contributed by atoms with Crippen LogP contribution in [0.2, 0.25) is 0 Å². The van der Waals surface area contributed by atoms with Crippen LogP contribution in [0.4, 0.5) is 0 Å². The second-order valence-electron chi connectivity index (χ2n) is 5.90. The van der Waals surface area contributed by atoms with E-state index in [0.717, 1.165) is 19.3 Å². The Morgan fingerprint density at radius 2 is 2.04 bits per heavy atom. The van der Waals surface area contributed by atoms with Crippen molar-refractivity contribution in [3.05, 3.63) is 29.8 Å². The summed E-state index contributed by atoms with van der Waals surface area (Å²) in [6.45, 7) is 0.801. The number of methoxy groups -OCH3 is 1. The summed E-state index contributed by atoms with van der Waals surface area (Å²) in [6.07, 6.45) is 3.62. The van der Waals surface area contributed by atoms with Gasteiger partial charge in [-0.15, -0.1) is 0 Å². The van der Waals surface area contributed by atoms with Crippen molar-refractivity contribution in [3.8, 4) is 5.75 Å². The first-order chi connectivity index (χ1) is 11.1. The van der Waals surface area contributed by atoms with Crippen molar-refractivity contribution in [2.75, 3.05) is 20.2 Å². The van der Waals surface area contributed by atoms with E-state index >= 15 is 0 Å². The van der Waals surface area contributed by atoms with Gasteiger partial charge in [0, 0.05) is 31.1 Å². The second-order valence-corrected chi connectivity index (χ2v) is 5.90. The van der Waals surface area contributed by atoms with Crippen LogP contribution >= 0.6 is 0 Å². The molecule has 1 aromatic carbocycles. The molecular formula is C17H25N3O3. The van der Waals surface area contributed by atoms with E-state index in [1.54, 1.807) is 31.4 Å². The highest BCUT2D eigenvalue weighted by Gasteiger charge is 2.25. The summed E-state index contributed by atoms with van der Waals surface area (Å²) in [4.78, 5) is 23.8. The van der Waals surface area contributed by atoms with Crippen LogP contribution in [0.3, 0.4) is 0 Å². The molecule has 0 bridgehead atoms. The first-order valence-electron chi connectivity index (χ1n) is 8.04. The van der Waals surface area contributed by atoms with E-state index in [-0.39, 0.29) is 17.9 Å². The lowest BCUT2D eigenvalue weighted by atomic mass is 10.00. The minimum Gasteiger partial charge on any atom is -0.497 e. The SMILES string of the molecule is COc1cccc(C(=O)NCCNC(=O)C[C@@H]2CCC[C@H]2N)c1. The summed E-state index contributed by atoms with van der Waals surface area (Å²) in [5.74, 6) is 0.749. The Morgan fingerprint density at radius 1 is 1.26 bits per heavy atom. The van der Waals surface area contributed by atoms with E-state index in [1.165, 1.54) is 0 Å². The molecule has 23 heavy (non-hydrogen) atoms. The Balaban J connectivity index is 1.66. The molecule has 2 rings (SSSR count). The van der Waals surface area contributed by atoms with Crippen LogP contribution in [0.5, 0.6) is 5.75 Å². The van der Waals surface area contributed by atoms with Crippen LogP contribution in [0, 0.1) is 5.92 Å². The van der Waals surface area contributed by atoms with Gasteiger partial charge in [-0.05, 0) is 37.0 Å². The zero-order chi connectivity index (χ0) is 16.7. The van der Waals surface area contributed by atoms with Crippen molar-refractivity contribution in [2.24, 2.45) is 11.7 Å². The van der Waals surface area contributed by atoms with E-state index in [0.29, 0.717) is 36.7 Å². The van der Waals surface area contributed by atoms with Gasteiger partial charge in [-0.1, -0.05) is 12.5 Å². The van der Waals surface area contributed by atoms with Gasteiger partial charge in [0.15, 0.2) is 0 Å². The number of nitrogens with one attached hydrogen (secondary N) is 2. The number of amides is 2. The third-order valence-corrected chi connectivity index (χ3v) is 4.23. The molecule has 0 spiro atoms. The smallest absolute Gasteiger partial charge is 0.251 e. The third-order valence-electron chi connectivity index (χ3n) is 4.23. The number of ether oxygens (including phenoxy) is 1. The molecule has 0 unspecified atom stereocenters. The van der Waals surface area contributed by atoms with Crippen molar-refractivity contribution in [1.82, 2.24) is 10.6 Å². The number of hydrogen-bond donors (Lipinski definition) is 3. The summed E-state index contributed by atoms with van der Waals surface area (Å²) < 4.78 is 5.09. The zero-order valence-corrected chi connectivity index (χ0v) is 13.5. The van der Waals surface area contributed by atoms with Crippen LogP contribution in [-0.4, -0.2) is 38.1 Å². The van der Waals surface area contributed by atoms with Gasteiger partial charge in [-0.3, -0.25) is 9.59 Å². The van der Waals surface area contributed by atoms with Gasteiger partial charge in [0.2, 0.25) is 5.91 Å². The van der Waals surface area contributed by atoms with Crippen LogP contribution in [0.1, 0.15) is 36.0 Å². The highest BCUT2D eigenvalue weighted by atomic mass is 16.5. The van der Waals surface area contributed by atoms with Crippen molar-refractivity contribution >= 4 is 11.8 Å². The summed E-state index contributed by atoms with van der Waals surface area (Å²) in [7, 11) is 1.56. The first-order valence-corrected chi connectivity index (χ1v) is 8.04. The molecule has 2 amide bonds. The number of rotatable bonds is 7. The van der Waals surface area contributed by atoms with Gasteiger partial charge in [-0.2, -0.15) is 0 Å². The second kappa shape index (κ2) is 8.53. The van der Waals surface area contributed by atoms with E-state index in [2.05, 4.69) is 10.6 Å². The lowest BCUT2D eigenvalue weighted by Crippen LogP contribution is -2.36. The Hall–Kier alpha value is -2.08. The van der Waals surface area contributed by atoms with Gasteiger partial charge in [-0.25, -0.2) is 0 Å². The first kappa shape index (κ1) is 17.3. The van der Waals surface area contributed by atoms with Gasteiger partial charge < -0.3 is 21.1 Å². The van der Waals surface area contributed by atoms with Gasteiger partial charge in [0.05, 0.1) is 7.11 Å². The van der Waals surface area contributed by atoms with Crippen LogP contribution < -0.4 is 21.1 Å². The molecule has 2 atom stereocenters. The summed E-state index contributed by atoms with van der Waals surface area (Å²) in [6, 6.07) is 7.09. The number of carbonyl (C=O) groups excluding carboxylic acids is 2. The monoisotopic (exact) mass is 319 g/mol. The van der Waals surface area contributed by atoms with Crippen LogP contribution in [-0.2, 0) is 4.79 Å². The maximum Gasteiger partial charge on any atom is 0.251 e. The molecule has 0 saturated heterocycles. The van der Waals surface area contributed by atoms with Crippen molar-refractivity contribution in [1.29, 1.82) is 0 Å². The van der Waals surface area contributed by atoms with Crippen molar-refractivity contribution < 1.29 is 14.3 Å². The standard InChI is InChI=1S/C17H25N3O3/c1-23-14-6-2-5-13(10-14)17(22)20-9-8-19-16(21)11-12-4-3-7-15(12)18/h2,5-6,10,12,15H,3-4,7-9,11,18H2,1H3,(H,19,21)(H,20,22)/t12-,15+/m0/s1. The fourth-order valence-electron chi connectivity index (χ4n) is 2.87. The fraction of sp³-hybridized carbons (Fsp3) is 0.529. The van der Waals surface area contributed by atoms with E-state index in [1.807, 2.05) is 0 Å². The van der Waals surface area contributed by atoms with Crippen molar-refractivity contribution in [2.45, 2.75) is 31.7 Å². The average Bonchev–Trinajstić information content (AvgIpc) is 2.96. The quantitative estimate of drug-likeness (QED) is 0.655.